The van der Waals surface area contributed by atoms with Crippen LogP contribution in [0, 0.1) is 11.8 Å². The highest BCUT2D eigenvalue weighted by Gasteiger charge is 2.23. The van der Waals surface area contributed by atoms with Gasteiger partial charge in [-0.2, -0.15) is 0 Å². The van der Waals surface area contributed by atoms with Crippen molar-refractivity contribution in [1.29, 1.82) is 0 Å². The molecule has 2 aromatic rings. The molecule has 6 nitrogen and oxygen atoms in total. The van der Waals surface area contributed by atoms with Gasteiger partial charge in [-0.25, -0.2) is 4.79 Å². The normalized spacial score (nSPS) is 14.9. The van der Waals surface area contributed by atoms with Gasteiger partial charge in [-0.3, -0.25) is 0 Å². The number of esters is 1. The summed E-state index contributed by atoms with van der Waals surface area (Å²) < 4.78 is 16.9. The van der Waals surface area contributed by atoms with Crippen LogP contribution in [0.15, 0.2) is 34.8 Å². The van der Waals surface area contributed by atoms with E-state index in [2.05, 4.69) is 15.9 Å². The molecule has 2 saturated carbocycles. The molecule has 0 bridgehead atoms. The van der Waals surface area contributed by atoms with Crippen molar-refractivity contribution in [3.63, 3.8) is 0 Å². The Morgan fingerprint density at radius 3 is 2.03 bits per heavy atom. The molecule has 0 heterocycles. The molecule has 2 fully saturated rings. The lowest BCUT2D eigenvalue weighted by atomic mass is 10.1. The quantitative estimate of drug-likeness (QED) is 0.196. The lowest BCUT2D eigenvalue weighted by Gasteiger charge is -2.10. The van der Waals surface area contributed by atoms with Gasteiger partial charge >= 0.3 is 5.97 Å². The second-order valence-electron chi connectivity index (χ2n) is 8.31. The van der Waals surface area contributed by atoms with E-state index in [-0.39, 0.29) is 0 Å². The number of carbonyl (C=O) groups is 1. The third kappa shape index (κ3) is 8.60. The summed E-state index contributed by atoms with van der Waals surface area (Å²) >= 11 is 15.4. The number of carbonyl (C=O) groups excluding carboxylic acids is 1. The van der Waals surface area contributed by atoms with Gasteiger partial charge < -0.3 is 25.7 Å². The van der Waals surface area contributed by atoms with Crippen LogP contribution in [-0.2, 0) is 9.53 Å². The summed E-state index contributed by atoms with van der Waals surface area (Å²) in [5, 5.41) is 1.06. The Bertz CT molecular complexity index is 1040. The predicted molar refractivity (Wildman–Crippen MR) is 142 cm³/mol. The molecule has 0 unspecified atom stereocenters. The first-order valence-corrected chi connectivity index (χ1v) is 12.8. The molecule has 0 spiro atoms. The van der Waals surface area contributed by atoms with E-state index in [9.17, 15) is 4.79 Å². The Balaban J connectivity index is 0.000000202. The van der Waals surface area contributed by atoms with E-state index in [4.69, 9.17) is 48.9 Å². The van der Waals surface area contributed by atoms with E-state index in [1.165, 1.54) is 31.8 Å². The maximum absolute atomic E-state index is 11.3. The Morgan fingerprint density at radius 1 is 0.971 bits per heavy atom. The zero-order valence-corrected chi connectivity index (χ0v) is 22.1. The third-order valence-corrected chi connectivity index (χ3v) is 6.49. The Hall–Kier alpha value is -2.09. The Morgan fingerprint density at radius 2 is 1.50 bits per heavy atom. The minimum atomic E-state index is -0.401. The number of nitrogen functional groups attached to an aromatic ring is 2. The van der Waals surface area contributed by atoms with E-state index in [0.717, 1.165) is 17.0 Å². The monoisotopic (exact) mass is 570 g/mol. The number of benzene rings is 2. The first-order valence-electron chi connectivity index (χ1n) is 11.2. The first-order chi connectivity index (χ1) is 16.3. The van der Waals surface area contributed by atoms with Gasteiger partial charge in [-0.15, -0.1) is 0 Å². The number of ether oxygens (including phenoxy) is 3. The van der Waals surface area contributed by atoms with Crippen molar-refractivity contribution in [1.82, 2.24) is 0 Å². The predicted octanol–water partition coefficient (Wildman–Crippen LogP) is 6.76. The lowest BCUT2D eigenvalue weighted by molar-refractivity contribution is -0.137. The van der Waals surface area contributed by atoms with Gasteiger partial charge in [0, 0.05) is 27.5 Å². The fraction of sp³-hybridized carbons (Fsp3) is 0.400. The SMILES string of the molecule is CCOC(=O)/C=C/c1cc(OCC2CC2)c(Cl)cc1N.Nc1cc(Cl)c(OCC2CC2)cc1Br. The molecule has 0 radical (unpaired) electrons. The van der Waals surface area contributed by atoms with Crippen LogP contribution < -0.4 is 20.9 Å². The van der Waals surface area contributed by atoms with Gasteiger partial charge in [0.2, 0.25) is 0 Å². The Labute approximate surface area is 218 Å². The molecule has 0 aromatic heterocycles. The van der Waals surface area contributed by atoms with E-state index in [0.29, 0.717) is 57.6 Å². The van der Waals surface area contributed by atoms with Crippen molar-refractivity contribution in [2.75, 3.05) is 31.3 Å². The largest absolute Gasteiger partial charge is 0.492 e. The second kappa shape index (κ2) is 12.6. The highest BCUT2D eigenvalue weighted by Crippen LogP contribution is 2.36. The first kappa shape index (κ1) is 26.5. The number of nitrogens with two attached hydrogens (primary N) is 2. The molecule has 2 aromatic carbocycles. The van der Waals surface area contributed by atoms with Crippen LogP contribution in [0.4, 0.5) is 11.4 Å². The summed E-state index contributed by atoms with van der Waals surface area (Å²) in [7, 11) is 0. The lowest BCUT2D eigenvalue weighted by Crippen LogP contribution is -2.01. The van der Waals surface area contributed by atoms with Crippen LogP contribution in [-0.4, -0.2) is 25.8 Å². The average Bonchev–Trinajstić information content (AvgIpc) is 3.70. The summed E-state index contributed by atoms with van der Waals surface area (Å²) in [6.07, 6.45) is 7.91. The molecule has 4 rings (SSSR count). The van der Waals surface area contributed by atoms with Crippen LogP contribution in [0.3, 0.4) is 0 Å². The zero-order chi connectivity index (χ0) is 24.7. The summed E-state index contributed by atoms with van der Waals surface area (Å²) in [5.74, 6) is 2.27. The van der Waals surface area contributed by atoms with Crippen molar-refractivity contribution in [2.24, 2.45) is 11.8 Å². The highest BCUT2D eigenvalue weighted by molar-refractivity contribution is 9.10. The van der Waals surface area contributed by atoms with Gasteiger partial charge in [0.15, 0.2) is 0 Å². The summed E-state index contributed by atoms with van der Waals surface area (Å²) in [6, 6.07) is 6.90. The van der Waals surface area contributed by atoms with E-state index in [1.54, 1.807) is 31.2 Å². The fourth-order valence-corrected chi connectivity index (χ4v) is 3.60. The molecule has 0 saturated heterocycles. The van der Waals surface area contributed by atoms with E-state index >= 15 is 0 Å². The number of hydrogen-bond acceptors (Lipinski definition) is 6. The second-order valence-corrected chi connectivity index (χ2v) is 9.98. The number of rotatable bonds is 9. The van der Waals surface area contributed by atoms with Crippen LogP contribution >= 0.6 is 39.1 Å². The molecular formula is C25H29BrCl2N2O4. The molecular weight excluding hydrogens is 543 g/mol. The summed E-state index contributed by atoms with van der Waals surface area (Å²) in [6.45, 7) is 3.53. The highest BCUT2D eigenvalue weighted by atomic mass is 79.9. The minimum absolute atomic E-state index is 0.342. The topological polar surface area (TPSA) is 96.8 Å². The maximum atomic E-state index is 11.3. The molecule has 184 valence electrons. The smallest absolute Gasteiger partial charge is 0.330 e. The van der Waals surface area contributed by atoms with Crippen molar-refractivity contribution >= 4 is 62.6 Å². The number of anilines is 2. The van der Waals surface area contributed by atoms with Gasteiger partial charge in [0.05, 0.1) is 29.9 Å². The maximum Gasteiger partial charge on any atom is 0.330 e. The van der Waals surface area contributed by atoms with Crippen molar-refractivity contribution < 1.29 is 19.0 Å². The Kier molecular flexibility index (Phi) is 9.80. The van der Waals surface area contributed by atoms with Crippen molar-refractivity contribution in [3.8, 4) is 11.5 Å². The summed E-state index contributed by atoms with van der Waals surface area (Å²) in [4.78, 5) is 11.3. The third-order valence-electron chi connectivity index (χ3n) is 5.22. The molecule has 2 aliphatic rings. The molecule has 9 heteroatoms. The molecule has 0 aliphatic heterocycles. The fourth-order valence-electron chi connectivity index (χ4n) is 2.83. The van der Waals surface area contributed by atoms with Crippen molar-refractivity contribution in [3.05, 3.63) is 50.4 Å². The van der Waals surface area contributed by atoms with Gasteiger partial charge in [0.1, 0.15) is 11.5 Å². The molecule has 2 aliphatic carbocycles. The van der Waals surface area contributed by atoms with Gasteiger partial charge in [-0.05, 0) is 90.7 Å². The van der Waals surface area contributed by atoms with Crippen LogP contribution in [0.5, 0.6) is 11.5 Å². The minimum Gasteiger partial charge on any atom is -0.492 e. The van der Waals surface area contributed by atoms with Crippen molar-refractivity contribution in [2.45, 2.75) is 32.6 Å². The van der Waals surface area contributed by atoms with Gasteiger partial charge in [0.25, 0.3) is 0 Å². The molecule has 0 atom stereocenters. The molecule has 34 heavy (non-hydrogen) atoms. The number of hydrogen-bond donors (Lipinski definition) is 2. The van der Waals surface area contributed by atoms with Crippen LogP contribution in [0.1, 0.15) is 38.2 Å². The molecule has 4 N–H and O–H groups in total. The average molecular weight is 572 g/mol. The van der Waals surface area contributed by atoms with Gasteiger partial charge in [-0.1, -0.05) is 23.2 Å². The van der Waals surface area contributed by atoms with E-state index < -0.39 is 5.97 Å². The number of halogens is 3. The standard InChI is InChI=1S/C15H18ClNO3.C10H11BrClNO/c1-2-19-15(18)6-5-11-7-14(12(16)8-13(11)17)20-9-10-3-4-10;11-7-3-10(8(12)4-9(7)13)14-5-6-1-2-6/h5-8,10H,2-4,9,17H2,1H3;3-4,6H,1-2,5,13H2/b6-5+;. The zero-order valence-electron chi connectivity index (χ0n) is 19.0. The summed E-state index contributed by atoms with van der Waals surface area (Å²) in [5.41, 5.74) is 13.4. The van der Waals surface area contributed by atoms with Crippen LogP contribution in [0.25, 0.3) is 6.08 Å². The van der Waals surface area contributed by atoms with Crippen LogP contribution in [0.2, 0.25) is 10.0 Å². The van der Waals surface area contributed by atoms with E-state index in [1.807, 2.05) is 6.07 Å². The molecule has 0 amide bonds.